The summed E-state index contributed by atoms with van der Waals surface area (Å²) in [7, 11) is 0. The minimum atomic E-state index is -0.649. The second-order valence-corrected chi connectivity index (χ2v) is 1.71. The van der Waals surface area contributed by atoms with Gasteiger partial charge in [0, 0.05) is 11.8 Å². The van der Waals surface area contributed by atoms with Crippen molar-refractivity contribution >= 4 is 5.69 Å². The van der Waals surface area contributed by atoms with Gasteiger partial charge in [0.05, 0.1) is 0 Å². The van der Waals surface area contributed by atoms with Gasteiger partial charge in [0.15, 0.2) is 11.6 Å². The van der Waals surface area contributed by atoms with E-state index in [1.165, 1.54) is 6.07 Å². The Hall–Kier alpha value is -1.25. The van der Waals surface area contributed by atoms with Crippen molar-refractivity contribution in [1.82, 2.24) is 0 Å². The largest absolute Gasteiger partial charge is 0.505 e. The Bertz CT molecular complexity index is 224. The van der Waals surface area contributed by atoms with Gasteiger partial charge in [-0.15, -0.1) is 0 Å². The number of halogens is 1. The Balaban J connectivity index is 3.17. The molecular formula is C6H6FNO. The van der Waals surface area contributed by atoms with Crippen molar-refractivity contribution < 1.29 is 9.50 Å². The van der Waals surface area contributed by atoms with E-state index in [-0.39, 0.29) is 0 Å². The first-order valence-electron chi connectivity index (χ1n) is 2.44. The molecule has 3 N–H and O–H groups in total. The molecule has 0 heterocycles. The second kappa shape index (κ2) is 1.93. The van der Waals surface area contributed by atoms with Gasteiger partial charge in [-0.25, -0.2) is 4.39 Å². The number of anilines is 1. The summed E-state index contributed by atoms with van der Waals surface area (Å²) in [5.41, 5.74) is 5.56. The topological polar surface area (TPSA) is 46.2 Å². The fraction of sp³-hybridized carbons (Fsp3) is 0. The van der Waals surface area contributed by atoms with Gasteiger partial charge in [0.25, 0.3) is 0 Å². The summed E-state index contributed by atoms with van der Waals surface area (Å²) >= 11 is 0. The van der Waals surface area contributed by atoms with Gasteiger partial charge in [0.1, 0.15) is 0 Å². The zero-order valence-corrected chi connectivity index (χ0v) is 4.63. The van der Waals surface area contributed by atoms with E-state index >= 15 is 0 Å². The van der Waals surface area contributed by atoms with Crippen molar-refractivity contribution in [2.45, 2.75) is 0 Å². The number of rotatable bonds is 0. The first kappa shape index (κ1) is 5.88. The second-order valence-electron chi connectivity index (χ2n) is 1.71. The third kappa shape index (κ3) is 1.10. The monoisotopic (exact) mass is 127 g/mol. The van der Waals surface area contributed by atoms with Crippen LogP contribution in [0.25, 0.3) is 0 Å². The molecule has 0 atom stereocenters. The summed E-state index contributed by atoms with van der Waals surface area (Å²) in [6.07, 6.45) is 0. The van der Waals surface area contributed by atoms with E-state index in [4.69, 9.17) is 10.8 Å². The normalized spacial score (nSPS) is 9.44. The van der Waals surface area contributed by atoms with Crippen LogP contribution in [-0.2, 0) is 0 Å². The van der Waals surface area contributed by atoms with E-state index in [0.29, 0.717) is 5.69 Å². The van der Waals surface area contributed by atoms with Crippen LogP contribution in [0.2, 0.25) is 0 Å². The SMILES string of the molecule is Nc1ccc(F)c(O)c1. The molecule has 48 valence electrons. The number of phenolic OH excluding ortho intramolecular Hbond substituents is 1. The lowest BCUT2D eigenvalue weighted by Crippen LogP contribution is -1.84. The maximum Gasteiger partial charge on any atom is 0.164 e. The zero-order valence-electron chi connectivity index (χ0n) is 4.63. The highest BCUT2D eigenvalue weighted by Crippen LogP contribution is 2.17. The van der Waals surface area contributed by atoms with Crippen LogP contribution in [0, 0.1) is 5.82 Å². The maximum absolute atomic E-state index is 12.2. The van der Waals surface area contributed by atoms with Gasteiger partial charge < -0.3 is 10.8 Å². The number of nitrogen functional groups attached to an aromatic ring is 1. The molecule has 2 nitrogen and oxygen atoms in total. The Morgan fingerprint density at radius 1 is 1.44 bits per heavy atom. The Kier molecular flexibility index (Phi) is 1.26. The molecule has 0 unspecified atom stereocenters. The van der Waals surface area contributed by atoms with E-state index in [1.54, 1.807) is 0 Å². The first-order chi connectivity index (χ1) is 4.20. The molecule has 1 rings (SSSR count). The molecule has 0 bridgehead atoms. The van der Waals surface area contributed by atoms with E-state index in [9.17, 15) is 4.39 Å². The zero-order chi connectivity index (χ0) is 6.85. The van der Waals surface area contributed by atoms with Crippen LogP contribution in [0.15, 0.2) is 18.2 Å². The molecule has 0 aliphatic carbocycles. The third-order valence-electron chi connectivity index (χ3n) is 0.970. The molecule has 0 fully saturated rings. The fourth-order valence-corrected chi connectivity index (χ4v) is 0.530. The molecule has 1 aromatic carbocycles. The van der Waals surface area contributed by atoms with E-state index < -0.39 is 11.6 Å². The van der Waals surface area contributed by atoms with Gasteiger partial charge in [-0.1, -0.05) is 0 Å². The summed E-state index contributed by atoms with van der Waals surface area (Å²) in [6, 6.07) is 3.66. The standard InChI is InChI=1S/C6H6FNO/c7-5-2-1-4(8)3-6(5)9/h1-3,9H,8H2. The number of nitrogens with two attached hydrogens (primary N) is 1. The van der Waals surface area contributed by atoms with Crippen molar-refractivity contribution in [3.8, 4) is 5.75 Å². The molecule has 0 saturated heterocycles. The molecule has 0 aromatic heterocycles. The van der Waals surface area contributed by atoms with Crippen molar-refractivity contribution in [1.29, 1.82) is 0 Å². The van der Waals surface area contributed by atoms with E-state index in [1.807, 2.05) is 0 Å². The summed E-state index contributed by atoms with van der Waals surface area (Å²) in [4.78, 5) is 0. The Morgan fingerprint density at radius 2 is 2.11 bits per heavy atom. The minimum absolute atomic E-state index is 0.355. The van der Waals surface area contributed by atoms with E-state index in [2.05, 4.69) is 0 Å². The van der Waals surface area contributed by atoms with Gasteiger partial charge in [-0.3, -0.25) is 0 Å². The molecule has 0 radical (unpaired) electrons. The van der Waals surface area contributed by atoms with Gasteiger partial charge in [-0.2, -0.15) is 0 Å². The van der Waals surface area contributed by atoms with E-state index in [0.717, 1.165) is 12.1 Å². The van der Waals surface area contributed by atoms with Crippen molar-refractivity contribution in [2.75, 3.05) is 5.73 Å². The average molecular weight is 127 g/mol. The van der Waals surface area contributed by atoms with Gasteiger partial charge in [0.2, 0.25) is 0 Å². The van der Waals surface area contributed by atoms with Crippen molar-refractivity contribution in [3.05, 3.63) is 24.0 Å². The predicted molar refractivity (Wildman–Crippen MR) is 32.5 cm³/mol. The molecular weight excluding hydrogens is 121 g/mol. The van der Waals surface area contributed by atoms with Crippen LogP contribution >= 0.6 is 0 Å². The highest BCUT2D eigenvalue weighted by molar-refractivity contribution is 5.43. The quantitative estimate of drug-likeness (QED) is 0.513. The highest BCUT2D eigenvalue weighted by atomic mass is 19.1. The van der Waals surface area contributed by atoms with Crippen LogP contribution in [0.3, 0.4) is 0 Å². The molecule has 3 heteroatoms. The summed E-state index contributed by atoms with van der Waals surface area (Å²) in [5, 5.41) is 8.65. The molecule has 0 saturated carbocycles. The third-order valence-corrected chi connectivity index (χ3v) is 0.970. The lowest BCUT2D eigenvalue weighted by Gasteiger charge is -1.94. The van der Waals surface area contributed by atoms with Crippen LogP contribution < -0.4 is 5.73 Å². The number of aromatic hydroxyl groups is 1. The highest BCUT2D eigenvalue weighted by Gasteiger charge is 1.96. The Labute approximate surface area is 51.7 Å². The molecule has 1 aromatic rings. The summed E-state index contributed by atoms with van der Waals surface area (Å²) in [5.74, 6) is -1.06. The van der Waals surface area contributed by atoms with Gasteiger partial charge in [-0.05, 0) is 12.1 Å². The lowest BCUT2D eigenvalue weighted by atomic mass is 10.3. The van der Waals surface area contributed by atoms with Crippen molar-refractivity contribution in [3.63, 3.8) is 0 Å². The smallest absolute Gasteiger partial charge is 0.164 e. The minimum Gasteiger partial charge on any atom is -0.505 e. The maximum atomic E-state index is 12.2. The van der Waals surface area contributed by atoms with Gasteiger partial charge >= 0.3 is 0 Å². The Morgan fingerprint density at radius 3 is 2.56 bits per heavy atom. The van der Waals surface area contributed by atoms with Crippen LogP contribution in [0.4, 0.5) is 10.1 Å². The average Bonchev–Trinajstić information content (AvgIpc) is 1.80. The van der Waals surface area contributed by atoms with Crippen LogP contribution in [0.1, 0.15) is 0 Å². The molecule has 0 spiro atoms. The lowest BCUT2D eigenvalue weighted by molar-refractivity contribution is 0.433. The molecule has 0 aliphatic rings. The van der Waals surface area contributed by atoms with Crippen molar-refractivity contribution in [2.24, 2.45) is 0 Å². The predicted octanol–water partition coefficient (Wildman–Crippen LogP) is 1.11. The number of hydrogen-bond acceptors (Lipinski definition) is 2. The van der Waals surface area contributed by atoms with Crippen LogP contribution in [-0.4, -0.2) is 5.11 Å². The molecule has 0 aliphatic heterocycles. The number of hydrogen-bond donors (Lipinski definition) is 2. The fourth-order valence-electron chi connectivity index (χ4n) is 0.530. The summed E-state index contributed by atoms with van der Waals surface area (Å²) in [6.45, 7) is 0. The number of phenols is 1. The van der Waals surface area contributed by atoms with Crippen LogP contribution in [0.5, 0.6) is 5.75 Å². The summed E-state index contributed by atoms with van der Waals surface area (Å²) < 4.78 is 12.2. The first-order valence-corrected chi connectivity index (χ1v) is 2.44. The molecule has 0 amide bonds. The molecule has 9 heavy (non-hydrogen) atoms. The number of benzene rings is 1.